The molecule has 3 rings (SSSR count). The van der Waals surface area contributed by atoms with Crippen molar-refractivity contribution in [3.63, 3.8) is 0 Å². The summed E-state index contributed by atoms with van der Waals surface area (Å²) in [6, 6.07) is 4.50. The Labute approximate surface area is 170 Å². The molecule has 0 saturated carbocycles. The van der Waals surface area contributed by atoms with Gasteiger partial charge in [0.2, 0.25) is 5.82 Å². The molecule has 0 spiro atoms. The van der Waals surface area contributed by atoms with Gasteiger partial charge in [-0.15, -0.1) is 0 Å². The first-order valence-corrected chi connectivity index (χ1v) is 9.46. The smallest absolute Gasteiger partial charge is 0.417 e. The van der Waals surface area contributed by atoms with Gasteiger partial charge in [-0.25, -0.2) is 4.39 Å². The fraction of sp³-hybridized carbons (Fsp3) is 0.476. The summed E-state index contributed by atoms with van der Waals surface area (Å²) in [4.78, 5) is 14.9. The summed E-state index contributed by atoms with van der Waals surface area (Å²) in [6.45, 7) is 5.38. The largest absolute Gasteiger partial charge is 0.490 e. The molecule has 1 aliphatic heterocycles. The lowest BCUT2D eigenvalue weighted by Gasteiger charge is -2.32. The summed E-state index contributed by atoms with van der Waals surface area (Å²) in [6.07, 6.45) is -6.00. The highest BCUT2D eigenvalue weighted by Crippen LogP contribution is 2.59. The van der Waals surface area contributed by atoms with Crippen LogP contribution in [0.3, 0.4) is 0 Å². The van der Waals surface area contributed by atoms with Gasteiger partial charge in [0.15, 0.2) is 22.6 Å². The highest BCUT2D eigenvalue weighted by atomic mass is 19.4. The Morgan fingerprint density at radius 2 is 1.90 bits per heavy atom. The van der Waals surface area contributed by atoms with Crippen LogP contribution in [-0.2, 0) is 4.74 Å². The summed E-state index contributed by atoms with van der Waals surface area (Å²) >= 11 is 0. The Morgan fingerprint density at radius 1 is 1.23 bits per heavy atom. The van der Waals surface area contributed by atoms with E-state index >= 15 is 0 Å². The monoisotopic (exact) mass is 431 g/mol. The third kappa shape index (κ3) is 3.59. The molecule has 164 valence electrons. The van der Waals surface area contributed by atoms with Crippen LogP contribution in [0.4, 0.5) is 22.0 Å². The fourth-order valence-electron chi connectivity index (χ4n) is 4.03. The average Bonchev–Trinajstić information content (AvgIpc) is 2.91. The Hall–Kier alpha value is -2.42. The second kappa shape index (κ2) is 7.68. The quantitative estimate of drug-likeness (QED) is 0.680. The number of hydrogen-bond acceptors (Lipinski definition) is 3. The topological polar surface area (TPSA) is 51.3 Å². The zero-order valence-corrected chi connectivity index (χ0v) is 16.9. The van der Waals surface area contributed by atoms with Gasteiger partial charge in [0.1, 0.15) is 6.10 Å². The van der Waals surface area contributed by atoms with Crippen LogP contribution in [0.1, 0.15) is 49.7 Å². The lowest BCUT2D eigenvalue weighted by Crippen LogP contribution is -2.46. The van der Waals surface area contributed by atoms with E-state index in [0.717, 1.165) is 19.1 Å². The molecule has 1 fully saturated rings. The van der Waals surface area contributed by atoms with Crippen LogP contribution in [0, 0.1) is 24.5 Å². The second-order valence-electron chi connectivity index (χ2n) is 7.62. The standard InChI is InChI=1S/C21H22F5NO3/c1-5-29-18-13(6-7-14(22)17(18)23)16-11(3)20(4,21(24,25)26)30-19(16)15-9-12(28)8-10(2)27-15/h6-9,11,16,19H,5H2,1-4H3,(H,27,28)/t11-,16-,19-,20+/m0/s1. The van der Waals surface area contributed by atoms with Crippen molar-refractivity contribution in [2.45, 2.75) is 51.5 Å². The number of pyridine rings is 1. The molecule has 2 heterocycles. The molecule has 1 saturated heterocycles. The first-order chi connectivity index (χ1) is 13.9. The normalized spacial score (nSPS) is 26.8. The van der Waals surface area contributed by atoms with E-state index in [2.05, 4.69) is 4.98 Å². The van der Waals surface area contributed by atoms with Crippen molar-refractivity contribution < 1.29 is 31.4 Å². The number of aromatic nitrogens is 1. The van der Waals surface area contributed by atoms with E-state index < -0.39 is 52.5 Å². The molecule has 0 bridgehead atoms. The molecule has 30 heavy (non-hydrogen) atoms. The molecule has 4 nitrogen and oxygen atoms in total. The van der Waals surface area contributed by atoms with Crippen LogP contribution in [-0.4, -0.2) is 23.4 Å². The van der Waals surface area contributed by atoms with Crippen molar-refractivity contribution in [1.29, 1.82) is 0 Å². The molecular formula is C21H22F5NO3. The van der Waals surface area contributed by atoms with Gasteiger partial charge in [0.05, 0.1) is 6.61 Å². The molecule has 0 amide bonds. The maximum atomic E-state index is 14.5. The van der Waals surface area contributed by atoms with Crippen LogP contribution in [0.2, 0.25) is 0 Å². The fourth-order valence-corrected chi connectivity index (χ4v) is 4.03. The summed E-state index contributed by atoms with van der Waals surface area (Å²) in [7, 11) is 0. The van der Waals surface area contributed by atoms with E-state index in [1.807, 2.05) is 0 Å². The minimum Gasteiger partial charge on any atom is -0.490 e. The summed E-state index contributed by atoms with van der Waals surface area (Å²) < 4.78 is 81.0. The van der Waals surface area contributed by atoms with Crippen LogP contribution in [0.25, 0.3) is 0 Å². The average molecular weight is 431 g/mol. The number of H-pyrrole nitrogens is 1. The highest BCUT2D eigenvalue weighted by Gasteiger charge is 2.65. The van der Waals surface area contributed by atoms with Crippen LogP contribution in [0.5, 0.6) is 5.75 Å². The Morgan fingerprint density at radius 3 is 2.47 bits per heavy atom. The third-order valence-electron chi connectivity index (χ3n) is 5.70. The van der Waals surface area contributed by atoms with Gasteiger partial charge in [-0.2, -0.15) is 17.6 Å². The zero-order chi connectivity index (χ0) is 22.4. The number of aryl methyl sites for hydroxylation is 1. The second-order valence-corrected chi connectivity index (χ2v) is 7.62. The molecule has 0 unspecified atom stereocenters. The van der Waals surface area contributed by atoms with Crippen LogP contribution < -0.4 is 10.2 Å². The Kier molecular flexibility index (Phi) is 5.70. The highest BCUT2D eigenvalue weighted by molar-refractivity contribution is 5.42. The number of benzene rings is 1. The van der Waals surface area contributed by atoms with Crippen LogP contribution in [0.15, 0.2) is 29.1 Å². The molecule has 9 heteroatoms. The zero-order valence-electron chi connectivity index (χ0n) is 16.9. The van der Waals surface area contributed by atoms with E-state index in [1.165, 1.54) is 19.1 Å². The third-order valence-corrected chi connectivity index (χ3v) is 5.70. The number of ether oxygens (including phenoxy) is 2. The molecule has 1 N–H and O–H groups in total. The lowest BCUT2D eigenvalue weighted by atomic mass is 9.76. The predicted octanol–water partition coefficient (Wildman–Crippen LogP) is 5.17. The number of alkyl halides is 3. The van der Waals surface area contributed by atoms with Gasteiger partial charge in [-0.05, 0) is 26.8 Å². The van der Waals surface area contributed by atoms with E-state index in [0.29, 0.717) is 5.69 Å². The van der Waals surface area contributed by atoms with Crippen LogP contribution >= 0.6 is 0 Å². The van der Waals surface area contributed by atoms with Crippen molar-refractivity contribution in [3.8, 4) is 5.75 Å². The van der Waals surface area contributed by atoms with Crippen molar-refractivity contribution in [2.24, 2.45) is 5.92 Å². The summed E-state index contributed by atoms with van der Waals surface area (Å²) in [5.41, 5.74) is -2.40. The number of halogens is 5. The molecule has 1 aromatic heterocycles. The van der Waals surface area contributed by atoms with Crippen molar-refractivity contribution in [1.82, 2.24) is 4.98 Å². The molecule has 4 atom stereocenters. The minimum atomic E-state index is -4.74. The van der Waals surface area contributed by atoms with Crippen molar-refractivity contribution >= 4 is 0 Å². The minimum absolute atomic E-state index is 0.0161. The first kappa shape index (κ1) is 22.3. The van der Waals surface area contributed by atoms with Crippen molar-refractivity contribution in [2.75, 3.05) is 6.61 Å². The molecule has 0 aliphatic carbocycles. The van der Waals surface area contributed by atoms with Crippen molar-refractivity contribution in [3.05, 3.63) is 63.1 Å². The van der Waals surface area contributed by atoms with E-state index in [9.17, 15) is 26.7 Å². The summed E-state index contributed by atoms with van der Waals surface area (Å²) in [5, 5.41) is 0. The first-order valence-electron chi connectivity index (χ1n) is 9.46. The maximum Gasteiger partial charge on any atom is 0.417 e. The molecule has 1 aliphatic rings. The maximum absolute atomic E-state index is 14.5. The molecule has 0 radical (unpaired) electrons. The molecular weight excluding hydrogens is 409 g/mol. The van der Waals surface area contributed by atoms with E-state index in [1.54, 1.807) is 13.8 Å². The number of nitrogens with one attached hydrogen (secondary N) is 1. The molecule has 2 aromatic rings. The number of rotatable bonds is 4. The van der Waals surface area contributed by atoms with E-state index in [-0.39, 0.29) is 17.9 Å². The van der Waals surface area contributed by atoms with Gasteiger partial charge >= 0.3 is 6.18 Å². The predicted molar refractivity (Wildman–Crippen MR) is 99.5 cm³/mol. The number of hydrogen-bond donors (Lipinski definition) is 1. The van der Waals surface area contributed by atoms with Gasteiger partial charge in [-0.1, -0.05) is 13.0 Å². The lowest BCUT2D eigenvalue weighted by molar-refractivity contribution is -0.275. The number of aromatic amines is 1. The summed E-state index contributed by atoms with van der Waals surface area (Å²) in [5.74, 6) is -5.17. The van der Waals surface area contributed by atoms with E-state index in [4.69, 9.17) is 9.47 Å². The van der Waals surface area contributed by atoms with Gasteiger partial charge in [0.25, 0.3) is 0 Å². The van der Waals surface area contributed by atoms with Gasteiger partial charge < -0.3 is 14.5 Å². The SMILES string of the molecule is CCOc1c([C@H]2[C@H](c3cc(=O)cc(C)[nH]3)O[C@@](C)(C(F)(F)F)[C@H]2C)ccc(F)c1F. The Bertz CT molecular complexity index is 1000. The Balaban J connectivity index is 2.25. The van der Waals surface area contributed by atoms with Gasteiger partial charge in [0, 0.05) is 40.9 Å². The molecule has 1 aromatic carbocycles. The van der Waals surface area contributed by atoms with Gasteiger partial charge in [-0.3, -0.25) is 4.79 Å².